The van der Waals surface area contributed by atoms with E-state index >= 15 is 0 Å². The Hall–Kier alpha value is -7.36. The van der Waals surface area contributed by atoms with Crippen LogP contribution in [-0.4, -0.2) is 0 Å². The van der Waals surface area contributed by atoms with Gasteiger partial charge in [0.15, 0.2) is 0 Å². The van der Waals surface area contributed by atoms with Gasteiger partial charge in [-0.25, -0.2) is 0 Å². The van der Waals surface area contributed by atoms with Crippen molar-refractivity contribution in [2.24, 2.45) is 0 Å². The van der Waals surface area contributed by atoms with E-state index in [0.29, 0.717) is 0 Å². The van der Waals surface area contributed by atoms with Crippen LogP contribution in [0, 0.1) is 0 Å². The van der Waals surface area contributed by atoms with Gasteiger partial charge in [-0.05, 0) is 105 Å². The Morgan fingerprint density at radius 3 is 1.67 bits per heavy atom. The predicted molar refractivity (Wildman–Crippen MR) is 229 cm³/mol. The number of nitrogens with zero attached hydrogens (tertiary/aromatic N) is 1. The molecule has 3 nitrogen and oxygen atoms in total. The van der Waals surface area contributed by atoms with Crippen molar-refractivity contribution < 1.29 is 8.83 Å². The summed E-state index contributed by atoms with van der Waals surface area (Å²) >= 11 is 0. The van der Waals surface area contributed by atoms with Crippen LogP contribution >= 0.6 is 0 Å². The molecule has 0 atom stereocenters. The first-order valence-corrected chi connectivity index (χ1v) is 18.7. The second-order valence-corrected chi connectivity index (χ2v) is 14.1. The number of fused-ring (bicyclic) bond motifs is 8. The summed E-state index contributed by atoms with van der Waals surface area (Å²) in [7, 11) is 0. The Kier molecular flexibility index (Phi) is 7.17. The summed E-state index contributed by atoms with van der Waals surface area (Å²) in [5, 5.41) is 6.67. The monoisotopic (exact) mass is 703 g/mol. The minimum atomic E-state index is 0.832. The van der Waals surface area contributed by atoms with Gasteiger partial charge in [-0.15, -0.1) is 0 Å². The molecule has 11 rings (SSSR count). The SMILES string of the molecule is c1ccc(-c2cc(-c3ccccc3)cc(-c3cc4ccccc4c4c3oc3cccc(N(c5ccccc5)c5ccc6c(c5)oc5ccccc56)c34)c2)cc1. The average Bonchev–Trinajstić information content (AvgIpc) is 3.84. The molecule has 3 heteroatoms. The highest BCUT2D eigenvalue weighted by Crippen LogP contribution is 2.48. The number of hydrogen-bond acceptors (Lipinski definition) is 3. The zero-order chi connectivity index (χ0) is 36.3. The Labute approximate surface area is 317 Å². The maximum Gasteiger partial charge on any atom is 0.143 e. The van der Waals surface area contributed by atoms with Crippen LogP contribution in [0.3, 0.4) is 0 Å². The van der Waals surface area contributed by atoms with Crippen LogP contribution in [0.5, 0.6) is 0 Å². The molecule has 0 aliphatic rings. The van der Waals surface area contributed by atoms with Crippen LogP contribution in [0.15, 0.2) is 209 Å². The van der Waals surface area contributed by atoms with Crippen molar-refractivity contribution in [2.75, 3.05) is 4.90 Å². The number of rotatable bonds is 6. The van der Waals surface area contributed by atoms with E-state index in [0.717, 1.165) is 94.0 Å². The molecule has 0 unspecified atom stereocenters. The van der Waals surface area contributed by atoms with Crippen LogP contribution in [0.4, 0.5) is 17.1 Å². The fraction of sp³-hybridized carbons (Fsp3) is 0. The highest BCUT2D eigenvalue weighted by atomic mass is 16.3. The van der Waals surface area contributed by atoms with E-state index in [-0.39, 0.29) is 0 Å². The van der Waals surface area contributed by atoms with Gasteiger partial charge < -0.3 is 13.7 Å². The number of benzene rings is 9. The van der Waals surface area contributed by atoms with Gasteiger partial charge in [-0.3, -0.25) is 0 Å². The van der Waals surface area contributed by atoms with Gasteiger partial charge in [0.2, 0.25) is 0 Å². The second-order valence-electron chi connectivity index (χ2n) is 14.1. The summed E-state index contributed by atoms with van der Waals surface area (Å²) in [4.78, 5) is 2.33. The molecule has 0 radical (unpaired) electrons. The van der Waals surface area contributed by atoms with Gasteiger partial charge in [0, 0.05) is 39.2 Å². The van der Waals surface area contributed by atoms with Crippen LogP contribution < -0.4 is 4.90 Å². The summed E-state index contributed by atoms with van der Waals surface area (Å²) < 4.78 is 13.5. The summed E-state index contributed by atoms with van der Waals surface area (Å²) in [5.74, 6) is 0. The lowest BCUT2D eigenvalue weighted by Crippen LogP contribution is -2.10. The minimum Gasteiger partial charge on any atom is -0.456 e. The smallest absolute Gasteiger partial charge is 0.143 e. The molecule has 0 aliphatic carbocycles. The molecule has 0 saturated carbocycles. The zero-order valence-corrected chi connectivity index (χ0v) is 29.8. The lowest BCUT2D eigenvalue weighted by Gasteiger charge is -2.26. The molecule has 55 heavy (non-hydrogen) atoms. The molecular formula is C52H33NO2. The van der Waals surface area contributed by atoms with Crippen molar-refractivity contribution >= 4 is 71.7 Å². The van der Waals surface area contributed by atoms with Crippen LogP contribution in [0.2, 0.25) is 0 Å². The standard InChI is InChI=1S/C52H33NO2/c1-4-15-34(16-5-1)37-29-38(35-17-6-2-7-18-35)31-39(30-37)45-32-36-19-10-11-22-42(36)50-51-46(24-14-26-48(51)55-52(45)50)53(40-20-8-3-9-21-40)41-27-28-44-43-23-12-13-25-47(43)54-49(44)33-41/h1-33H. The fourth-order valence-electron chi connectivity index (χ4n) is 8.28. The first-order valence-electron chi connectivity index (χ1n) is 18.7. The molecule has 0 N–H and O–H groups in total. The topological polar surface area (TPSA) is 29.5 Å². The quantitative estimate of drug-likeness (QED) is 0.173. The van der Waals surface area contributed by atoms with Crippen molar-refractivity contribution in [3.05, 3.63) is 200 Å². The Balaban J connectivity index is 1.20. The van der Waals surface area contributed by atoms with E-state index in [9.17, 15) is 0 Å². The van der Waals surface area contributed by atoms with Gasteiger partial charge in [0.25, 0.3) is 0 Å². The van der Waals surface area contributed by atoms with Gasteiger partial charge in [-0.2, -0.15) is 0 Å². The second kappa shape index (κ2) is 12.6. The van der Waals surface area contributed by atoms with Crippen molar-refractivity contribution in [3.8, 4) is 33.4 Å². The maximum atomic E-state index is 7.06. The minimum absolute atomic E-state index is 0.832. The van der Waals surface area contributed by atoms with Gasteiger partial charge in [0.05, 0.1) is 11.1 Å². The van der Waals surface area contributed by atoms with Gasteiger partial charge in [-0.1, -0.05) is 127 Å². The van der Waals surface area contributed by atoms with E-state index in [2.05, 4.69) is 193 Å². The summed E-state index contributed by atoms with van der Waals surface area (Å²) in [6.45, 7) is 0. The molecule has 258 valence electrons. The highest BCUT2D eigenvalue weighted by Gasteiger charge is 2.24. The molecular weight excluding hydrogens is 671 g/mol. The van der Waals surface area contributed by atoms with E-state index in [1.54, 1.807) is 0 Å². The number of para-hydroxylation sites is 2. The molecule has 2 heterocycles. The maximum absolute atomic E-state index is 7.06. The number of furan rings is 2. The molecule has 9 aromatic carbocycles. The molecule has 0 bridgehead atoms. The third-order valence-electron chi connectivity index (χ3n) is 10.8. The molecule has 2 aromatic heterocycles. The van der Waals surface area contributed by atoms with Crippen molar-refractivity contribution in [2.45, 2.75) is 0 Å². The van der Waals surface area contributed by atoms with Crippen LogP contribution in [0.1, 0.15) is 0 Å². The summed E-state index contributed by atoms with van der Waals surface area (Å²) in [6.07, 6.45) is 0. The predicted octanol–water partition coefficient (Wildman–Crippen LogP) is 15.1. The van der Waals surface area contributed by atoms with Crippen LogP contribution in [0.25, 0.3) is 88.0 Å². The third-order valence-corrected chi connectivity index (χ3v) is 10.8. The molecule has 0 spiro atoms. The first kappa shape index (κ1) is 31.2. The Bertz CT molecular complexity index is 3140. The normalized spacial score (nSPS) is 11.6. The largest absolute Gasteiger partial charge is 0.456 e. The lowest BCUT2D eigenvalue weighted by molar-refractivity contribution is 0.669. The Morgan fingerprint density at radius 2 is 0.927 bits per heavy atom. The van der Waals surface area contributed by atoms with Crippen molar-refractivity contribution in [1.29, 1.82) is 0 Å². The van der Waals surface area contributed by atoms with E-state index in [1.807, 2.05) is 12.1 Å². The Morgan fingerprint density at radius 1 is 0.327 bits per heavy atom. The van der Waals surface area contributed by atoms with E-state index < -0.39 is 0 Å². The third kappa shape index (κ3) is 5.20. The molecule has 0 fully saturated rings. The molecule has 0 amide bonds. The van der Waals surface area contributed by atoms with Crippen molar-refractivity contribution in [1.82, 2.24) is 0 Å². The van der Waals surface area contributed by atoms with Gasteiger partial charge >= 0.3 is 0 Å². The fourth-order valence-corrected chi connectivity index (χ4v) is 8.28. The van der Waals surface area contributed by atoms with Crippen LogP contribution in [-0.2, 0) is 0 Å². The van der Waals surface area contributed by atoms with E-state index in [1.165, 1.54) is 11.1 Å². The molecule has 0 saturated heterocycles. The summed E-state index contributed by atoms with van der Waals surface area (Å²) in [6, 6.07) is 70.8. The zero-order valence-electron chi connectivity index (χ0n) is 29.8. The molecule has 0 aliphatic heterocycles. The summed E-state index contributed by atoms with van der Waals surface area (Å²) in [5.41, 5.74) is 13.3. The van der Waals surface area contributed by atoms with E-state index in [4.69, 9.17) is 8.83 Å². The van der Waals surface area contributed by atoms with Gasteiger partial charge in [0.1, 0.15) is 22.3 Å². The first-order chi connectivity index (χ1) is 27.3. The van der Waals surface area contributed by atoms with Crippen molar-refractivity contribution in [3.63, 3.8) is 0 Å². The number of anilines is 3. The lowest BCUT2D eigenvalue weighted by atomic mass is 9.91. The highest BCUT2D eigenvalue weighted by molar-refractivity contribution is 6.26. The number of hydrogen-bond donors (Lipinski definition) is 0. The average molecular weight is 704 g/mol. The molecule has 11 aromatic rings.